The Kier molecular flexibility index (Phi) is 3.17. The lowest BCUT2D eigenvalue weighted by Crippen LogP contribution is -2.08. The van der Waals surface area contributed by atoms with Gasteiger partial charge >= 0.3 is 0 Å². The predicted molar refractivity (Wildman–Crippen MR) is 64.7 cm³/mol. The Hall–Kier alpha value is -1.46. The summed E-state index contributed by atoms with van der Waals surface area (Å²) in [5.74, 6) is 0.744. The predicted octanol–water partition coefficient (Wildman–Crippen LogP) is 2.82. The molecule has 4 nitrogen and oxygen atoms in total. The molecule has 0 aliphatic heterocycles. The quantitative estimate of drug-likeness (QED) is 0.838. The van der Waals surface area contributed by atoms with Crippen molar-refractivity contribution in [2.24, 2.45) is 0 Å². The van der Waals surface area contributed by atoms with Crippen molar-refractivity contribution in [1.82, 2.24) is 9.97 Å². The lowest BCUT2D eigenvalue weighted by molar-refractivity contribution is -0.114. The third-order valence-electron chi connectivity index (χ3n) is 1.74. The highest BCUT2D eigenvalue weighted by Crippen LogP contribution is 2.24. The number of hydrogen-bond donors (Lipinski definition) is 1. The van der Waals surface area contributed by atoms with Gasteiger partial charge in [-0.05, 0) is 11.4 Å². The van der Waals surface area contributed by atoms with Gasteiger partial charge in [0.1, 0.15) is 11.0 Å². The number of thiophene rings is 1. The standard InChI is InChI=1S/C10H8ClN3OS/c1-6(15)12-9-5-8(11)13-10(14-9)7-3-2-4-16-7/h2-5H,1H3,(H,12,13,14,15). The summed E-state index contributed by atoms with van der Waals surface area (Å²) in [7, 11) is 0. The lowest BCUT2D eigenvalue weighted by atomic mass is 10.4. The van der Waals surface area contributed by atoms with Crippen LogP contribution < -0.4 is 5.32 Å². The van der Waals surface area contributed by atoms with Crippen LogP contribution in [0.15, 0.2) is 23.6 Å². The Labute approximate surface area is 101 Å². The average molecular weight is 254 g/mol. The smallest absolute Gasteiger partial charge is 0.222 e. The molecule has 0 aliphatic carbocycles. The van der Waals surface area contributed by atoms with Crippen LogP contribution in [0.2, 0.25) is 5.15 Å². The Morgan fingerprint density at radius 1 is 1.50 bits per heavy atom. The number of halogens is 1. The van der Waals surface area contributed by atoms with Crippen LogP contribution >= 0.6 is 22.9 Å². The molecule has 82 valence electrons. The number of nitrogens with zero attached hydrogens (tertiary/aromatic N) is 2. The molecule has 0 atom stereocenters. The van der Waals surface area contributed by atoms with Gasteiger partial charge in [-0.3, -0.25) is 4.79 Å². The summed E-state index contributed by atoms with van der Waals surface area (Å²) in [6.45, 7) is 1.42. The van der Waals surface area contributed by atoms with Crippen LogP contribution in [0.4, 0.5) is 5.82 Å². The topological polar surface area (TPSA) is 54.9 Å². The fraction of sp³-hybridized carbons (Fsp3) is 0.100. The summed E-state index contributed by atoms with van der Waals surface area (Å²) < 4.78 is 0. The van der Waals surface area contributed by atoms with E-state index in [0.29, 0.717) is 16.8 Å². The van der Waals surface area contributed by atoms with E-state index in [1.165, 1.54) is 24.3 Å². The van der Waals surface area contributed by atoms with Gasteiger partial charge in [0.25, 0.3) is 0 Å². The van der Waals surface area contributed by atoms with Crippen molar-refractivity contribution in [3.63, 3.8) is 0 Å². The summed E-state index contributed by atoms with van der Waals surface area (Å²) in [5.41, 5.74) is 0. The Balaban J connectivity index is 2.40. The van der Waals surface area contributed by atoms with Crippen LogP contribution in [-0.4, -0.2) is 15.9 Å². The molecule has 1 N–H and O–H groups in total. The molecule has 0 saturated carbocycles. The normalized spacial score (nSPS) is 10.1. The maximum absolute atomic E-state index is 10.9. The summed E-state index contributed by atoms with van der Waals surface area (Å²) >= 11 is 7.37. The fourth-order valence-corrected chi connectivity index (χ4v) is 2.02. The van der Waals surface area contributed by atoms with E-state index in [1.807, 2.05) is 17.5 Å². The molecular weight excluding hydrogens is 246 g/mol. The van der Waals surface area contributed by atoms with Crippen molar-refractivity contribution in [3.05, 3.63) is 28.7 Å². The van der Waals surface area contributed by atoms with E-state index in [2.05, 4.69) is 15.3 Å². The summed E-state index contributed by atoms with van der Waals surface area (Å²) in [6, 6.07) is 5.32. The van der Waals surface area contributed by atoms with Crippen molar-refractivity contribution in [2.75, 3.05) is 5.32 Å². The second-order valence-electron chi connectivity index (χ2n) is 3.06. The summed E-state index contributed by atoms with van der Waals surface area (Å²) in [6.07, 6.45) is 0. The number of anilines is 1. The second-order valence-corrected chi connectivity index (χ2v) is 4.39. The van der Waals surface area contributed by atoms with E-state index in [-0.39, 0.29) is 5.91 Å². The van der Waals surface area contributed by atoms with Gasteiger partial charge in [-0.25, -0.2) is 9.97 Å². The van der Waals surface area contributed by atoms with E-state index in [4.69, 9.17) is 11.6 Å². The highest BCUT2D eigenvalue weighted by atomic mass is 35.5. The molecule has 16 heavy (non-hydrogen) atoms. The monoisotopic (exact) mass is 253 g/mol. The minimum atomic E-state index is -0.188. The molecular formula is C10H8ClN3OS. The molecule has 1 amide bonds. The Morgan fingerprint density at radius 3 is 2.94 bits per heavy atom. The number of carbonyl (C=O) groups is 1. The van der Waals surface area contributed by atoms with Crippen LogP contribution in [0.25, 0.3) is 10.7 Å². The zero-order valence-corrected chi connectivity index (χ0v) is 9.97. The molecule has 2 aromatic heterocycles. The van der Waals surface area contributed by atoms with E-state index >= 15 is 0 Å². The SMILES string of the molecule is CC(=O)Nc1cc(Cl)nc(-c2cccs2)n1. The molecule has 2 heterocycles. The molecule has 0 radical (unpaired) electrons. The van der Waals surface area contributed by atoms with Gasteiger partial charge in [-0.1, -0.05) is 17.7 Å². The van der Waals surface area contributed by atoms with Crippen molar-refractivity contribution in [3.8, 4) is 10.7 Å². The first-order valence-electron chi connectivity index (χ1n) is 4.51. The zero-order valence-electron chi connectivity index (χ0n) is 8.40. The van der Waals surface area contributed by atoms with E-state index in [1.54, 1.807) is 0 Å². The van der Waals surface area contributed by atoms with Gasteiger partial charge < -0.3 is 5.32 Å². The number of hydrogen-bond acceptors (Lipinski definition) is 4. The zero-order chi connectivity index (χ0) is 11.5. The maximum Gasteiger partial charge on any atom is 0.222 e. The molecule has 0 aromatic carbocycles. The van der Waals surface area contributed by atoms with Crippen molar-refractivity contribution in [1.29, 1.82) is 0 Å². The number of nitrogens with one attached hydrogen (secondary N) is 1. The first-order chi connectivity index (χ1) is 7.65. The van der Waals surface area contributed by atoms with Crippen LogP contribution in [0.5, 0.6) is 0 Å². The molecule has 0 fully saturated rings. The van der Waals surface area contributed by atoms with Crippen LogP contribution in [0.1, 0.15) is 6.92 Å². The van der Waals surface area contributed by atoms with Crippen LogP contribution in [0, 0.1) is 0 Å². The molecule has 0 spiro atoms. The summed E-state index contributed by atoms with van der Waals surface area (Å²) in [5, 5.41) is 4.81. The lowest BCUT2D eigenvalue weighted by Gasteiger charge is -2.03. The van der Waals surface area contributed by atoms with Gasteiger partial charge in [0.15, 0.2) is 5.82 Å². The van der Waals surface area contributed by atoms with E-state index in [0.717, 1.165) is 4.88 Å². The van der Waals surface area contributed by atoms with Crippen molar-refractivity contribution < 1.29 is 4.79 Å². The first kappa shape index (κ1) is 11.0. The molecule has 0 bridgehead atoms. The van der Waals surface area contributed by atoms with Gasteiger partial charge in [0, 0.05) is 13.0 Å². The second kappa shape index (κ2) is 4.59. The third-order valence-corrected chi connectivity index (χ3v) is 2.80. The Morgan fingerprint density at radius 2 is 2.31 bits per heavy atom. The third kappa shape index (κ3) is 2.56. The van der Waals surface area contributed by atoms with E-state index < -0.39 is 0 Å². The molecule has 6 heteroatoms. The van der Waals surface area contributed by atoms with Crippen LogP contribution in [0.3, 0.4) is 0 Å². The average Bonchev–Trinajstić information content (AvgIpc) is 2.67. The number of aromatic nitrogens is 2. The van der Waals surface area contributed by atoms with Crippen LogP contribution in [-0.2, 0) is 4.79 Å². The molecule has 0 aliphatic rings. The minimum Gasteiger partial charge on any atom is -0.311 e. The fourth-order valence-electron chi connectivity index (χ4n) is 1.18. The largest absolute Gasteiger partial charge is 0.311 e. The molecule has 0 unspecified atom stereocenters. The number of rotatable bonds is 2. The molecule has 2 rings (SSSR count). The molecule has 0 saturated heterocycles. The maximum atomic E-state index is 10.9. The number of carbonyl (C=O) groups excluding carboxylic acids is 1. The van der Waals surface area contributed by atoms with Gasteiger partial charge in [-0.2, -0.15) is 0 Å². The van der Waals surface area contributed by atoms with Crippen molar-refractivity contribution in [2.45, 2.75) is 6.92 Å². The minimum absolute atomic E-state index is 0.188. The first-order valence-corrected chi connectivity index (χ1v) is 5.77. The van der Waals surface area contributed by atoms with E-state index in [9.17, 15) is 4.79 Å². The van der Waals surface area contributed by atoms with Gasteiger partial charge in [0.05, 0.1) is 4.88 Å². The number of amides is 1. The highest BCUT2D eigenvalue weighted by Gasteiger charge is 2.07. The van der Waals surface area contributed by atoms with Crippen molar-refractivity contribution >= 4 is 34.7 Å². The summed E-state index contributed by atoms with van der Waals surface area (Å²) in [4.78, 5) is 20.1. The molecule has 2 aromatic rings. The van der Waals surface area contributed by atoms with Gasteiger partial charge in [0.2, 0.25) is 5.91 Å². The highest BCUT2D eigenvalue weighted by molar-refractivity contribution is 7.13. The Bertz CT molecular complexity index is 513. The van der Waals surface area contributed by atoms with Gasteiger partial charge in [-0.15, -0.1) is 11.3 Å².